The number of rotatable bonds is 3. The van der Waals surface area contributed by atoms with Gasteiger partial charge in [-0.15, -0.1) is 0 Å². The maximum Gasteiger partial charge on any atom is 0.290 e. The average molecular weight is 265 g/mol. The van der Waals surface area contributed by atoms with Crippen LogP contribution in [0.3, 0.4) is 0 Å². The molecule has 5 nitrogen and oxygen atoms in total. The van der Waals surface area contributed by atoms with Crippen LogP contribution in [0.5, 0.6) is 0 Å². The van der Waals surface area contributed by atoms with Crippen LogP contribution in [-0.4, -0.2) is 48.1 Å². The van der Waals surface area contributed by atoms with E-state index in [4.69, 9.17) is 15.6 Å². The lowest BCUT2D eigenvalue weighted by Crippen LogP contribution is -2.34. The smallest absolute Gasteiger partial charge is 0.290 e. The van der Waals surface area contributed by atoms with E-state index in [1.54, 1.807) is 0 Å². The normalized spacial score (nSPS) is 18.2. The van der Waals surface area contributed by atoms with Crippen LogP contribution < -0.4 is 5.73 Å². The molecule has 0 aromatic carbocycles. The van der Waals surface area contributed by atoms with Crippen LogP contribution in [0.1, 0.15) is 24.3 Å². The van der Waals surface area contributed by atoms with Gasteiger partial charge in [-0.1, -0.05) is 6.07 Å². The van der Waals surface area contributed by atoms with Crippen LogP contribution in [0.25, 0.3) is 0 Å². The predicted octanol–water partition coefficient (Wildman–Crippen LogP) is 1.17. The quantitative estimate of drug-likeness (QED) is 0.802. The lowest BCUT2D eigenvalue weighted by molar-refractivity contribution is -0.122. The molecule has 0 saturated carbocycles. The summed E-state index contributed by atoms with van der Waals surface area (Å²) in [5.74, 6) is 1.22. The molecule has 1 fully saturated rings. The summed E-state index contributed by atoms with van der Waals surface area (Å²) in [6.07, 6.45) is 6.31. The first-order valence-electron chi connectivity index (χ1n) is 6.59. The minimum Gasteiger partial charge on any atom is -0.483 e. The number of nitrogens with zero attached hydrogens (tertiary/aromatic N) is 2. The van der Waals surface area contributed by atoms with Gasteiger partial charge in [0.15, 0.2) is 0 Å². The van der Waals surface area contributed by atoms with E-state index >= 15 is 0 Å². The molecule has 1 saturated heterocycles. The summed E-state index contributed by atoms with van der Waals surface area (Å²) < 4.78 is 0. The highest BCUT2D eigenvalue weighted by molar-refractivity contribution is 5.32. The van der Waals surface area contributed by atoms with Crippen LogP contribution in [0.4, 0.5) is 0 Å². The molecule has 1 aromatic heterocycles. The lowest BCUT2D eigenvalue weighted by Gasteiger charge is -2.33. The summed E-state index contributed by atoms with van der Waals surface area (Å²) in [5.41, 5.74) is 7.23. The topological polar surface area (TPSA) is 79.5 Å². The van der Waals surface area contributed by atoms with Gasteiger partial charge in [-0.05, 0) is 57.1 Å². The lowest BCUT2D eigenvalue weighted by atomic mass is 9.81. The summed E-state index contributed by atoms with van der Waals surface area (Å²) in [4.78, 5) is 15.0. The van der Waals surface area contributed by atoms with E-state index in [9.17, 15) is 0 Å². The number of likely N-dealkylation sites (tertiary alicyclic amines) is 1. The molecule has 1 unspecified atom stereocenters. The fraction of sp³-hybridized carbons (Fsp3) is 0.571. The van der Waals surface area contributed by atoms with Gasteiger partial charge in [0.25, 0.3) is 6.47 Å². The Balaban J connectivity index is 0.000000550. The average Bonchev–Trinajstić information content (AvgIpc) is 2.44. The molecular formula is C14H23N3O2. The van der Waals surface area contributed by atoms with E-state index in [0.717, 1.165) is 12.5 Å². The molecule has 106 valence electrons. The number of aromatic nitrogens is 1. The Kier molecular flexibility index (Phi) is 7.07. The monoisotopic (exact) mass is 265 g/mol. The molecule has 1 aliphatic heterocycles. The van der Waals surface area contributed by atoms with E-state index in [1.807, 2.05) is 18.5 Å². The van der Waals surface area contributed by atoms with Gasteiger partial charge >= 0.3 is 0 Å². The summed E-state index contributed by atoms with van der Waals surface area (Å²) in [5, 5.41) is 6.89. The Bertz CT molecular complexity index is 351. The molecular weight excluding hydrogens is 242 g/mol. The van der Waals surface area contributed by atoms with Gasteiger partial charge in [0.2, 0.25) is 0 Å². The minimum absolute atomic E-state index is 0.250. The molecule has 1 aromatic rings. The van der Waals surface area contributed by atoms with Crippen molar-refractivity contribution in [1.82, 2.24) is 9.88 Å². The van der Waals surface area contributed by atoms with Crippen molar-refractivity contribution in [2.45, 2.75) is 18.8 Å². The molecule has 0 aliphatic carbocycles. The second kappa shape index (κ2) is 8.61. The maximum absolute atomic E-state index is 8.36. The summed E-state index contributed by atoms with van der Waals surface area (Å²) in [7, 11) is 2.19. The van der Waals surface area contributed by atoms with Crippen LogP contribution in [-0.2, 0) is 4.79 Å². The van der Waals surface area contributed by atoms with Crippen molar-refractivity contribution < 1.29 is 9.90 Å². The number of piperidine rings is 1. The molecule has 2 heterocycles. The first-order chi connectivity index (χ1) is 9.22. The standard InChI is InChI=1S/C13H21N3.CH2O2/c1-16-7-4-11(5-8-16)13(9-14)12-3-2-6-15-10-12;2-1-3/h2-3,6,10-11,13H,4-5,7-9,14H2,1H3;1H,(H,2,3). The van der Waals surface area contributed by atoms with Gasteiger partial charge in [-0.3, -0.25) is 9.78 Å². The number of carboxylic acid groups (broad SMARTS) is 1. The van der Waals surface area contributed by atoms with E-state index < -0.39 is 0 Å². The molecule has 5 heteroatoms. The highest BCUT2D eigenvalue weighted by Crippen LogP contribution is 2.31. The van der Waals surface area contributed by atoms with Crippen molar-refractivity contribution in [3.8, 4) is 0 Å². The second-order valence-corrected chi connectivity index (χ2v) is 4.87. The number of hydrogen-bond donors (Lipinski definition) is 2. The van der Waals surface area contributed by atoms with Crippen molar-refractivity contribution in [2.75, 3.05) is 26.7 Å². The van der Waals surface area contributed by atoms with Gasteiger partial charge in [0, 0.05) is 18.3 Å². The predicted molar refractivity (Wildman–Crippen MR) is 74.9 cm³/mol. The third kappa shape index (κ3) is 4.96. The van der Waals surface area contributed by atoms with Crippen molar-refractivity contribution in [2.24, 2.45) is 11.7 Å². The molecule has 0 amide bonds. The fourth-order valence-electron chi connectivity index (χ4n) is 2.63. The van der Waals surface area contributed by atoms with Crippen LogP contribution >= 0.6 is 0 Å². The summed E-state index contributed by atoms with van der Waals surface area (Å²) in [6, 6.07) is 4.16. The maximum atomic E-state index is 8.36. The third-order valence-electron chi connectivity index (χ3n) is 3.70. The molecule has 1 aliphatic rings. The Morgan fingerprint density at radius 1 is 1.58 bits per heavy atom. The molecule has 19 heavy (non-hydrogen) atoms. The Labute approximate surface area is 114 Å². The number of hydrogen-bond acceptors (Lipinski definition) is 4. The van der Waals surface area contributed by atoms with Gasteiger partial charge in [-0.2, -0.15) is 0 Å². The van der Waals surface area contributed by atoms with Gasteiger partial charge in [0.1, 0.15) is 0 Å². The van der Waals surface area contributed by atoms with E-state index in [-0.39, 0.29) is 6.47 Å². The molecule has 2 rings (SSSR count). The third-order valence-corrected chi connectivity index (χ3v) is 3.70. The van der Waals surface area contributed by atoms with Crippen molar-refractivity contribution >= 4 is 6.47 Å². The van der Waals surface area contributed by atoms with Gasteiger partial charge < -0.3 is 15.7 Å². The van der Waals surface area contributed by atoms with Crippen LogP contribution in [0.2, 0.25) is 0 Å². The molecule has 0 spiro atoms. The number of carbonyl (C=O) groups is 1. The zero-order valence-electron chi connectivity index (χ0n) is 11.4. The molecule has 3 N–H and O–H groups in total. The van der Waals surface area contributed by atoms with E-state index in [1.165, 1.54) is 31.5 Å². The zero-order valence-corrected chi connectivity index (χ0v) is 11.4. The summed E-state index contributed by atoms with van der Waals surface area (Å²) in [6.45, 7) is 2.88. The summed E-state index contributed by atoms with van der Waals surface area (Å²) >= 11 is 0. The van der Waals surface area contributed by atoms with Crippen LogP contribution in [0, 0.1) is 5.92 Å². The van der Waals surface area contributed by atoms with Gasteiger partial charge in [0.05, 0.1) is 0 Å². The Hall–Kier alpha value is -1.46. The van der Waals surface area contributed by atoms with Crippen molar-refractivity contribution in [1.29, 1.82) is 0 Å². The van der Waals surface area contributed by atoms with Crippen LogP contribution in [0.15, 0.2) is 24.5 Å². The Morgan fingerprint density at radius 2 is 2.21 bits per heavy atom. The largest absolute Gasteiger partial charge is 0.483 e. The molecule has 1 atom stereocenters. The first-order valence-corrected chi connectivity index (χ1v) is 6.59. The highest BCUT2D eigenvalue weighted by Gasteiger charge is 2.25. The van der Waals surface area contributed by atoms with Crippen molar-refractivity contribution in [3.05, 3.63) is 30.1 Å². The van der Waals surface area contributed by atoms with Gasteiger partial charge in [-0.25, -0.2) is 0 Å². The minimum atomic E-state index is -0.250. The van der Waals surface area contributed by atoms with E-state index in [0.29, 0.717) is 5.92 Å². The Morgan fingerprint density at radius 3 is 2.68 bits per heavy atom. The van der Waals surface area contributed by atoms with Crippen molar-refractivity contribution in [3.63, 3.8) is 0 Å². The van der Waals surface area contributed by atoms with E-state index in [2.05, 4.69) is 23.0 Å². The second-order valence-electron chi connectivity index (χ2n) is 4.87. The SMILES string of the molecule is CN1CCC(C(CN)c2cccnc2)CC1.O=CO. The highest BCUT2D eigenvalue weighted by atomic mass is 16.3. The fourth-order valence-corrected chi connectivity index (χ4v) is 2.63. The molecule has 0 bridgehead atoms. The first kappa shape index (κ1) is 15.6. The number of pyridine rings is 1. The number of nitrogens with two attached hydrogens (primary N) is 1. The molecule has 0 radical (unpaired) electrons. The zero-order chi connectivity index (χ0) is 14.1.